The van der Waals surface area contributed by atoms with Crippen molar-refractivity contribution >= 4 is 29.0 Å². The number of anilines is 1. The Morgan fingerprint density at radius 2 is 1.46 bits per heavy atom. The highest BCUT2D eigenvalue weighted by Gasteiger charge is 2.27. The van der Waals surface area contributed by atoms with Gasteiger partial charge in [-0.3, -0.25) is 9.59 Å². The molecule has 1 aliphatic rings. The molecule has 1 aromatic heterocycles. The highest BCUT2D eigenvalue weighted by molar-refractivity contribution is 6.30. The zero-order valence-electron chi connectivity index (χ0n) is 21.1. The van der Waals surface area contributed by atoms with Gasteiger partial charge in [0.1, 0.15) is 5.75 Å². The van der Waals surface area contributed by atoms with Crippen LogP contribution in [0.2, 0.25) is 5.02 Å². The summed E-state index contributed by atoms with van der Waals surface area (Å²) < 4.78 is 7.79. The molecule has 1 aliphatic heterocycles. The van der Waals surface area contributed by atoms with Crippen LogP contribution in [0, 0.1) is 0 Å². The van der Waals surface area contributed by atoms with Crippen LogP contribution >= 0.6 is 11.6 Å². The number of ketones is 1. The van der Waals surface area contributed by atoms with E-state index in [1.54, 1.807) is 29.2 Å². The van der Waals surface area contributed by atoms with Crippen LogP contribution < -0.4 is 9.64 Å². The molecule has 4 aromatic carbocycles. The number of ether oxygens (including phenoxy) is 1. The molecule has 0 atom stereocenters. The van der Waals surface area contributed by atoms with Gasteiger partial charge in [0.2, 0.25) is 5.78 Å². The second kappa shape index (κ2) is 10.6. The Kier molecular flexibility index (Phi) is 6.74. The van der Waals surface area contributed by atoms with Gasteiger partial charge in [-0.1, -0.05) is 84.4 Å². The third-order valence-corrected chi connectivity index (χ3v) is 7.22. The maximum atomic E-state index is 14.0. The molecule has 39 heavy (non-hydrogen) atoms. The van der Waals surface area contributed by atoms with Crippen molar-refractivity contribution in [3.8, 4) is 16.9 Å². The molecule has 0 spiro atoms. The van der Waals surface area contributed by atoms with Crippen molar-refractivity contribution in [2.75, 3.05) is 11.5 Å². The molecule has 1 amide bonds. The lowest BCUT2D eigenvalue weighted by atomic mass is 9.96. The number of halogens is 1. The maximum absolute atomic E-state index is 14.0. The Morgan fingerprint density at radius 1 is 0.744 bits per heavy atom. The molecule has 0 bridgehead atoms. The van der Waals surface area contributed by atoms with Gasteiger partial charge in [0.25, 0.3) is 5.91 Å². The number of aromatic nitrogens is 1. The maximum Gasteiger partial charge on any atom is 0.265 e. The second-order valence-corrected chi connectivity index (χ2v) is 9.82. The van der Waals surface area contributed by atoms with Gasteiger partial charge in [-0.25, -0.2) is 0 Å². The van der Waals surface area contributed by atoms with Gasteiger partial charge in [0, 0.05) is 22.0 Å². The first-order valence-electron chi connectivity index (χ1n) is 12.7. The van der Waals surface area contributed by atoms with E-state index in [-0.39, 0.29) is 18.3 Å². The molecule has 0 fully saturated rings. The van der Waals surface area contributed by atoms with Gasteiger partial charge in [0.05, 0.1) is 18.8 Å². The summed E-state index contributed by atoms with van der Waals surface area (Å²) in [5, 5.41) is 0.604. The van der Waals surface area contributed by atoms with Crippen LogP contribution in [0.3, 0.4) is 0 Å². The molecule has 2 heterocycles. The summed E-state index contributed by atoms with van der Waals surface area (Å²) in [5.74, 6) is 0.350. The summed E-state index contributed by atoms with van der Waals surface area (Å²) in [6, 6.07) is 36.1. The summed E-state index contributed by atoms with van der Waals surface area (Å²) >= 11 is 5.96. The van der Waals surface area contributed by atoms with E-state index in [0.717, 1.165) is 28.1 Å². The molecular formula is C33H25ClN2O3. The fourth-order valence-corrected chi connectivity index (χ4v) is 5.15. The van der Waals surface area contributed by atoms with Crippen molar-refractivity contribution in [3.63, 3.8) is 0 Å². The fraction of sp³-hybridized carbons (Fsp3) is 0.0909. The molecule has 6 heteroatoms. The molecule has 0 unspecified atom stereocenters. The highest BCUT2D eigenvalue weighted by Crippen LogP contribution is 2.31. The van der Waals surface area contributed by atoms with Gasteiger partial charge in [-0.15, -0.1) is 0 Å². The van der Waals surface area contributed by atoms with Gasteiger partial charge in [-0.2, -0.15) is 0 Å². The lowest BCUT2D eigenvalue weighted by Gasteiger charge is -2.22. The number of rotatable bonds is 6. The van der Waals surface area contributed by atoms with Crippen molar-refractivity contribution in [1.82, 2.24) is 4.57 Å². The van der Waals surface area contributed by atoms with E-state index in [9.17, 15) is 9.59 Å². The average Bonchev–Trinajstić information content (AvgIpc) is 3.29. The molecule has 0 radical (unpaired) electrons. The molecule has 0 saturated carbocycles. The first kappa shape index (κ1) is 24.7. The number of hydrogen-bond acceptors (Lipinski definition) is 3. The first-order valence-corrected chi connectivity index (χ1v) is 13.1. The van der Waals surface area contributed by atoms with E-state index in [0.29, 0.717) is 35.1 Å². The van der Waals surface area contributed by atoms with E-state index < -0.39 is 0 Å². The third-order valence-electron chi connectivity index (χ3n) is 6.97. The van der Waals surface area contributed by atoms with E-state index in [4.69, 9.17) is 16.3 Å². The second-order valence-electron chi connectivity index (χ2n) is 9.39. The minimum atomic E-state index is -0.172. The van der Waals surface area contributed by atoms with E-state index in [1.165, 1.54) is 0 Å². The van der Waals surface area contributed by atoms with E-state index >= 15 is 0 Å². The van der Waals surface area contributed by atoms with Crippen LogP contribution in [0.1, 0.15) is 27.3 Å². The molecular weight excluding hydrogens is 508 g/mol. The minimum Gasteiger partial charge on any atom is -0.484 e. The van der Waals surface area contributed by atoms with E-state index in [1.807, 2.05) is 95.6 Å². The highest BCUT2D eigenvalue weighted by atomic mass is 35.5. The number of nitrogens with zero attached hydrogens (tertiary/aromatic N) is 2. The van der Waals surface area contributed by atoms with Crippen molar-refractivity contribution in [2.24, 2.45) is 0 Å². The molecule has 192 valence electrons. The predicted octanol–water partition coefficient (Wildman–Crippen LogP) is 7.01. The number of para-hydroxylation sites is 1. The standard InChI is InChI=1S/C33H25ClN2O3/c34-25-14-17-27(18-15-25)39-22-32(37)36-21-26-16-19-31(35(26)20-24-10-4-7-13-30(24)36)33(38)29-12-6-5-11-28(29)23-8-2-1-3-9-23/h1-19H,20-22H2. The van der Waals surface area contributed by atoms with Gasteiger partial charge in [0.15, 0.2) is 6.61 Å². The van der Waals surface area contributed by atoms with Crippen molar-refractivity contribution in [3.05, 3.63) is 143 Å². The molecule has 6 rings (SSSR count). The number of hydrogen-bond donors (Lipinski definition) is 0. The number of benzene rings is 4. The Hall–Kier alpha value is -4.61. The van der Waals surface area contributed by atoms with Gasteiger partial charge < -0.3 is 14.2 Å². The lowest BCUT2D eigenvalue weighted by molar-refractivity contribution is -0.120. The number of amides is 1. The zero-order valence-corrected chi connectivity index (χ0v) is 21.8. The smallest absolute Gasteiger partial charge is 0.265 e. The van der Waals surface area contributed by atoms with Crippen molar-refractivity contribution in [1.29, 1.82) is 0 Å². The first-order chi connectivity index (χ1) is 19.1. The summed E-state index contributed by atoms with van der Waals surface area (Å²) in [4.78, 5) is 29.1. The zero-order chi connectivity index (χ0) is 26.8. The normalized spacial score (nSPS) is 12.3. The number of carbonyl (C=O) groups is 2. The predicted molar refractivity (Wildman–Crippen MR) is 153 cm³/mol. The summed E-state index contributed by atoms with van der Waals surface area (Å²) in [6.45, 7) is 0.690. The Balaban J connectivity index is 1.32. The molecule has 5 aromatic rings. The fourth-order valence-electron chi connectivity index (χ4n) is 5.02. The van der Waals surface area contributed by atoms with Crippen LogP contribution in [-0.2, 0) is 17.9 Å². The Bertz CT molecular complexity index is 1660. The van der Waals surface area contributed by atoms with Crippen LogP contribution in [-0.4, -0.2) is 22.9 Å². The molecule has 0 N–H and O–H groups in total. The van der Waals surface area contributed by atoms with Crippen molar-refractivity contribution in [2.45, 2.75) is 13.1 Å². The third kappa shape index (κ3) is 4.97. The van der Waals surface area contributed by atoms with Gasteiger partial charge >= 0.3 is 0 Å². The summed E-state index contributed by atoms with van der Waals surface area (Å²) in [5.41, 5.74) is 5.77. The van der Waals surface area contributed by atoms with Crippen molar-refractivity contribution < 1.29 is 14.3 Å². The summed E-state index contributed by atoms with van der Waals surface area (Å²) in [6.07, 6.45) is 0. The minimum absolute atomic E-state index is 0.0518. The molecule has 0 aliphatic carbocycles. The monoisotopic (exact) mass is 532 g/mol. The van der Waals surface area contributed by atoms with E-state index in [2.05, 4.69) is 0 Å². The van der Waals surface area contributed by atoms with Crippen LogP contribution in [0.4, 0.5) is 5.69 Å². The van der Waals surface area contributed by atoms with Crippen LogP contribution in [0.5, 0.6) is 5.75 Å². The number of fused-ring (bicyclic) bond motifs is 2. The Morgan fingerprint density at radius 3 is 2.28 bits per heavy atom. The van der Waals surface area contributed by atoms with Gasteiger partial charge in [-0.05, 0) is 59.2 Å². The largest absolute Gasteiger partial charge is 0.484 e. The summed E-state index contributed by atoms with van der Waals surface area (Å²) in [7, 11) is 0. The average molecular weight is 533 g/mol. The number of carbonyl (C=O) groups excluding carboxylic acids is 2. The topological polar surface area (TPSA) is 51.5 Å². The quantitative estimate of drug-likeness (QED) is 0.221. The lowest BCUT2D eigenvalue weighted by Crippen LogP contribution is -2.34. The molecule has 5 nitrogen and oxygen atoms in total. The SMILES string of the molecule is O=C(c1ccccc1-c1ccccc1)c1ccc2n1Cc1ccccc1N(C(=O)COc1ccc(Cl)cc1)C2. The van der Waals surface area contributed by atoms with Crippen LogP contribution in [0.25, 0.3) is 11.1 Å². The van der Waals surface area contributed by atoms with Crippen LogP contribution in [0.15, 0.2) is 115 Å². The molecule has 0 saturated heterocycles. The Labute approximate surface area is 231 Å².